The lowest BCUT2D eigenvalue weighted by atomic mass is 9.94. The minimum Gasteiger partial charge on any atom is -0.444 e. The molecule has 3 rings (SSSR count). The van der Waals surface area contributed by atoms with Crippen LogP contribution in [0.3, 0.4) is 0 Å². The number of thiazole rings is 1. The third kappa shape index (κ3) is 9.21. The van der Waals surface area contributed by atoms with Gasteiger partial charge in [-0.3, -0.25) is 14.5 Å². The van der Waals surface area contributed by atoms with Gasteiger partial charge < -0.3 is 20.8 Å². The Morgan fingerprint density at radius 3 is 2.66 bits per heavy atom. The van der Waals surface area contributed by atoms with Gasteiger partial charge in [0.2, 0.25) is 17.7 Å². The number of carbonyl (C=O) groups excluding carboxylic acids is 2. The van der Waals surface area contributed by atoms with Crippen molar-refractivity contribution in [2.75, 3.05) is 38.0 Å². The Hall–Kier alpha value is -1.95. The lowest BCUT2D eigenvalue weighted by molar-refractivity contribution is -0.123. The molecule has 0 aliphatic carbocycles. The predicted molar refractivity (Wildman–Crippen MR) is 141 cm³/mol. The van der Waals surface area contributed by atoms with Crippen molar-refractivity contribution in [2.24, 2.45) is 11.7 Å². The number of aromatic nitrogens is 2. The van der Waals surface area contributed by atoms with Crippen LogP contribution in [0, 0.1) is 5.92 Å². The van der Waals surface area contributed by atoms with E-state index in [1.165, 1.54) is 11.3 Å². The molecule has 0 bridgehead atoms. The van der Waals surface area contributed by atoms with Crippen LogP contribution >= 0.6 is 23.1 Å². The van der Waals surface area contributed by atoms with E-state index in [0.29, 0.717) is 36.4 Å². The summed E-state index contributed by atoms with van der Waals surface area (Å²) in [6.07, 6.45) is 8.03. The van der Waals surface area contributed by atoms with E-state index in [0.717, 1.165) is 55.2 Å². The van der Waals surface area contributed by atoms with Crippen molar-refractivity contribution in [3.8, 4) is 0 Å². The number of anilines is 1. The number of hydrogen-bond acceptors (Lipinski definition) is 9. The number of hydrogen-bond donors (Lipinski definition) is 3. The highest BCUT2D eigenvalue weighted by atomic mass is 32.2. The summed E-state index contributed by atoms with van der Waals surface area (Å²) in [4.78, 5) is 35.7. The molecule has 3 heterocycles. The molecule has 0 spiro atoms. The summed E-state index contributed by atoms with van der Waals surface area (Å²) in [6, 6.07) is 0. The smallest absolute Gasteiger partial charge is 0.234 e. The maximum Gasteiger partial charge on any atom is 0.234 e. The Bertz CT molecular complexity index is 947. The fourth-order valence-electron chi connectivity index (χ4n) is 3.73. The Balaban J connectivity index is 1.35. The quantitative estimate of drug-likeness (QED) is 0.285. The number of amides is 2. The van der Waals surface area contributed by atoms with Crippen LogP contribution in [0.15, 0.2) is 21.0 Å². The summed E-state index contributed by atoms with van der Waals surface area (Å²) >= 11 is 3.05. The number of oxazole rings is 1. The molecule has 0 radical (unpaired) electrons. The fourth-order valence-corrected chi connectivity index (χ4v) is 5.46. The van der Waals surface area contributed by atoms with Crippen LogP contribution in [0.4, 0.5) is 5.13 Å². The summed E-state index contributed by atoms with van der Waals surface area (Å²) in [5, 5.41) is 6.54. The van der Waals surface area contributed by atoms with Gasteiger partial charge in [0.05, 0.1) is 28.9 Å². The number of unbranched alkanes of at least 4 members (excludes halogenated alkanes) is 2. The van der Waals surface area contributed by atoms with Crippen LogP contribution in [0.2, 0.25) is 0 Å². The Labute approximate surface area is 216 Å². The molecular formula is C24H38N6O3S2. The van der Waals surface area contributed by atoms with Crippen LogP contribution in [0.25, 0.3) is 0 Å². The van der Waals surface area contributed by atoms with Crippen molar-refractivity contribution in [1.82, 2.24) is 20.2 Å². The SMILES string of the molecule is CC(C)(C)c1cnc(CSc2cnc(NC(=O)C3CCN(CC(=O)NCCCCCN)CC3)s2)o1. The van der Waals surface area contributed by atoms with Gasteiger partial charge in [-0.15, -0.1) is 11.8 Å². The molecule has 1 saturated heterocycles. The van der Waals surface area contributed by atoms with Crippen LogP contribution in [0.1, 0.15) is 64.5 Å². The van der Waals surface area contributed by atoms with E-state index in [4.69, 9.17) is 10.2 Å². The Morgan fingerprint density at radius 2 is 1.97 bits per heavy atom. The molecule has 194 valence electrons. The summed E-state index contributed by atoms with van der Waals surface area (Å²) in [5.74, 6) is 2.16. The first-order chi connectivity index (χ1) is 16.7. The first kappa shape index (κ1) is 27.6. The minimum absolute atomic E-state index is 0.00225. The molecule has 0 atom stereocenters. The van der Waals surface area contributed by atoms with Crippen LogP contribution in [-0.2, 0) is 20.8 Å². The maximum atomic E-state index is 12.7. The standard InChI is InChI=1S/C24H38N6O3S2/c1-24(2,3)18-13-27-20(33-18)16-34-21-14-28-23(35-21)29-22(32)17-7-11-30(12-8-17)15-19(31)26-10-6-4-5-9-25/h13-14,17H,4-12,15-16,25H2,1-3H3,(H,26,31)(H,28,29,32). The summed E-state index contributed by atoms with van der Waals surface area (Å²) < 4.78 is 6.84. The number of piperidine rings is 1. The molecule has 2 amide bonds. The lowest BCUT2D eigenvalue weighted by Crippen LogP contribution is -2.43. The van der Waals surface area contributed by atoms with Gasteiger partial charge in [0.15, 0.2) is 5.13 Å². The predicted octanol–water partition coefficient (Wildman–Crippen LogP) is 3.62. The second kappa shape index (κ2) is 13.4. The number of likely N-dealkylation sites (tertiary alicyclic amines) is 1. The molecule has 1 aliphatic heterocycles. The molecule has 1 aliphatic rings. The van der Waals surface area contributed by atoms with Gasteiger partial charge in [0.25, 0.3) is 0 Å². The first-order valence-electron chi connectivity index (χ1n) is 12.3. The van der Waals surface area contributed by atoms with E-state index in [-0.39, 0.29) is 23.1 Å². The fraction of sp³-hybridized carbons (Fsp3) is 0.667. The highest BCUT2D eigenvalue weighted by Gasteiger charge is 2.26. The zero-order chi connectivity index (χ0) is 25.3. The average molecular weight is 523 g/mol. The van der Waals surface area contributed by atoms with Gasteiger partial charge in [0.1, 0.15) is 5.76 Å². The summed E-state index contributed by atoms with van der Waals surface area (Å²) in [6.45, 7) is 9.54. The largest absolute Gasteiger partial charge is 0.444 e. The van der Waals surface area contributed by atoms with Crippen LogP contribution in [-0.4, -0.2) is 59.4 Å². The van der Waals surface area contributed by atoms with Crippen LogP contribution < -0.4 is 16.4 Å². The summed E-state index contributed by atoms with van der Waals surface area (Å²) in [5.41, 5.74) is 5.42. The van der Waals surface area contributed by atoms with Gasteiger partial charge in [0, 0.05) is 17.9 Å². The Kier molecular flexibility index (Phi) is 10.6. The molecule has 11 heteroatoms. The van der Waals surface area contributed by atoms with E-state index in [2.05, 4.69) is 46.3 Å². The second-order valence-corrected chi connectivity index (χ2v) is 12.2. The van der Waals surface area contributed by atoms with Gasteiger partial charge in [-0.25, -0.2) is 9.97 Å². The number of nitrogens with two attached hydrogens (primary N) is 1. The third-order valence-corrected chi connectivity index (χ3v) is 7.97. The molecule has 2 aromatic rings. The Morgan fingerprint density at radius 1 is 1.20 bits per heavy atom. The van der Waals surface area contributed by atoms with E-state index in [1.54, 1.807) is 24.2 Å². The topological polar surface area (TPSA) is 126 Å². The number of nitrogens with zero attached hydrogens (tertiary/aromatic N) is 3. The average Bonchev–Trinajstić information content (AvgIpc) is 3.47. The highest BCUT2D eigenvalue weighted by molar-refractivity contribution is 8.00. The van der Waals surface area contributed by atoms with Crippen molar-refractivity contribution in [3.63, 3.8) is 0 Å². The number of thioether (sulfide) groups is 1. The van der Waals surface area contributed by atoms with Gasteiger partial charge in [-0.2, -0.15) is 0 Å². The molecule has 4 N–H and O–H groups in total. The third-order valence-electron chi connectivity index (χ3n) is 5.87. The number of nitrogens with one attached hydrogen (secondary N) is 2. The van der Waals surface area contributed by atoms with Crippen molar-refractivity contribution in [1.29, 1.82) is 0 Å². The van der Waals surface area contributed by atoms with Crippen molar-refractivity contribution < 1.29 is 14.0 Å². The van der Waals surface area contributed by atoms with Crippen LogP contribution in [0.5, 0.6) is 0 Å². The molecular weight excluding hydrogens is 484 g/mol. The van der Waals surface area contributed by atoms with Crippen molar-refractivity contribution in [3.05, 3.63) is 24.0 Å². The minimum atomic E-state index is -0.0647. The monoisotopic (exact) mass is 522 g/mol. The number of carbonyl (C=O) groups is 2. The van der Waals surface area contributed by atoms with E-state index in [1.807, 2.05) is 0 Å². The molecule has 0 aromatic carbocycles. The van der Waals surface area contributed by atoms with Gasteiger partial charge >= 0.3 is 0 Å². The van der Waals surface area contributed by atoms with Crippen molar-refractivity contribution in [2.45, 2.75) is 68.3 Å². The zero-order valence-electron chi connectivity index (χ0n) is 21.0. The second-order valence-electron chi connectivity index (χ2n) is 9.88. The van der Waals surface area contributed by atoms with E-state index in [9.17, 15) is 9.59 Å². The summed E-state index contributed by atoms with van der Waals surface area (Å²) in [7, 11) is 0. The van der Waals surface area contributed by atoms with Crippen molar-refractivity contribution >= 4 is 40.0 Å². The molecule has 9 nitrogen and oxygen atoms in total. The zero-order valence-corrected chi connectivity index (χ0v) is 22.6. The molecule has 0 saturated carbocycles. The van der Waals surface area contributed by atoms with Gasteiger partial charge in [-0.1, -0.05) is 38.5 Å². The molecule has 1 fully saturated rings. The molecule has 2 aromatic heterocycles. The molecule has 0 unspecified atom stereocenters. The van der Waals surface area contributed by atoms with Gasteiger partial charge in [-0.05, 0) is 45.3 Å². The highest BCUT2D eigenvalue weighted by Crippen LogP contribution is 2.32. The normalized spacial score (nSPS) is 15.3. The number of rotatable bonds is 12. The first-order valence-corrected chi connectivity index (χ1v) is 14.1. The maximum absolute atomic E-state index is 12.7. The van der Waals surface area contributed by atoms with E-state index >= 15 is 0 Å². The molecule has 35 heavy (non-hydrogen) atoms. The lowest BCUT2D eigenvalue weighted by Gasteiger charge is -2.30. The van der Waals surface area contributed by atoms with E-state index < -0.39 is 0 Å².